The number of hydrogen-bond acceptors (Lipinski definition) is 0. The molecule has 0 spiro atoms. The first-order valence-electron chi connectivity index (χ1n) is 11.7. The number of rotatable bonds is 6. The van der Waals surface area contributed by atoms with E-state index in [2.05, 4.69) is 81.7 Å². The van der Waals surface area contributed by atoms with Crippen molar-refractivity contribution in [2.24, 2.45) is 0 Å². The summed E-state index contributed by atoms with van der Waals surface area (Å²) in [6, 6.07) is 17.1. The SMILES string of the molecule is C.C.CC.C[Si](C)(C)c1ccc[c-]1CP(Cc1[c-]cc[cH-]1)C1CCCCC1.C[Si](C)C.[CH3-].[Fe+4]. The third-order valence-electron chi connectivity index (χ3n) is 5.21. The van der Waals surface area contributed by atoms with Crippen LogP contribution in [0.4, 0.5) is 0 Å². The second-order valence-electron chi connectivity index (χ2n) is 9.61. The smallest absolute Gasteiger partial charge is 0.376 e. The molecule has 33 heavy (non-hydrogen) atoms. The maximum Gasteiger partial charge on any atom is 4.00 e. The summed E-state index contributed by atoms with van der Waals surface area (Å²) in [6.45, 7) is 18.3. The number of hydrogen-bond donors (Lipinski definition) is 0. The summed E-state index contributed by atoms with van der Waals surface area (Å²) in [6.07, 6.45) is 9.92. The summed E-state index contributed by atoms with van der Waals surface area (Å²) in [5.74, 6) is 0. The van der Waals surface area contributed by atoms with Crippen molar-refractivity contribution < 1.29 is 17.1 Å². The summed E-state index contributed by atoms with van der Waals surface area (Å²) >= 11 is 0. The average molecular weight is 548 g/mol. The van der Waals surface area contributed by atoms with Gasteiger partial charge in [0.15, 0.2) is 0 Å². The van der Waals surface area contributed by atoms with E-state index in [0.29, 0.717) is 0 Å². The van der Waals surface area contributed by atoms with Gasteiger partial charge in [0.1, 0.15) is 0 Å². The molecule has 0 nitrogen and oxygen atoms in total. The maximum atomic E-state index is 3.46. The molecular weight excluding hydrogens is 491 g/mol. The molecule has 1 fully saturated rings. The molecule has 1 aliphatic carbocycles. The van der Waals surface area contributed by atoms with Gasteiger partial charge in [0.2, 0.25) is 0 Å². The van der Waals surface area contributed by atoms with E-state index in [9.17, 15) is 0 Å². The second kappa shape index (κ2) is 21.4. The molecule has 2 aromatic rings. The Morgan fingerprint density at radius 1 is 1.09 bits per heavy atom. The Morgan fingerprint density at radius 3 is 2.09 bits per heavy atom. The normalized spacial score (nSPS) is 14.0. The molecule has 4 heteroatoms. The summed E-state index contributed by atoms with van der Waals surface area (Å²) in [4.78, 5) is 0. The van der Waals surface area contributed by atoms with Gasteiger partial charge < -0.3 is 31.7 Å². The van der Waals surface area contributed by atoms with Crippen LogP contribution in [0, 0.1) is 13.5 Å². The predicted molar refractivity (Wildman–Crippen MR) is 162 cm³/mol. The standard InChI is InChI=1S/C21H30PSi.C3H9Si.C2H6.2CH4.CH3.Fe/c1-23(2,3)21-15-9-12-19(21)17-22(16-18-10-7-8-11-18)20-13-5-4-6-14-20;1-4(2)3;1-2;;;;/h7-10,12,15,20H,4-6,13-14,16-17H2,1-3H3;1-3H3;1-2H3;2*1H4;1H3;/q-3;;;;;-1;+4. The van der Waals surface area contributed by atoms with Gasteiger partial charge in [-0.25, -0.2) is 12.1 Å². The molecule has 1 radical (unpaired) electrons. The van der Waals surface area contributed by atoms with Gasteiger partial charge in [-0.1, -0.05) is 99.6 Å². The van der Waals surface area contributed by atoms with Crippen molar-refractivity contribution in [2.45, 2.75) is 118 Å². The van der Waals surface area contributed by atoms with Crippen LogP contribution in [0.15, 0.2) is 36.4 Å². The van der Waals surface area contributed by atoms with Crippen molar-refractivity contribution >= 4 is 30.0 Å². The van der Waals surface area contributed by atoms with Crippen LogP contribution in [-0.4, -0.2) is 22.5 Å². The van der Waals surface area contributed by atoms with Crippen molar-refractivity contribution in [3.8, 4) is 0 Å². The molecule has 0 saturated heterocycles. The van der Waals surface area contributed by atoms with E-state index < -0.39 is 8.07 Å². The molecule has 0 bridgehead atoms. The van der Waals surface area contributed by atoms with Crippen LogP contribution in [0.2, 0.25) is 39.3 Å². The Hall–Kier alpha value is 0.0832. The third-order valence-corrected chi connectivity index (χ3v) is 10.4. The fraction of sp³-hybridized carbons (Fsp3) is 0.621. The van der Waals surface area contributed by atoms with Crippen molar-refractivity contribution in [1.29, 1.82) is 0 Å². The van der Waals surface area contributed by atoms with Gasteiger partial charge in [-0.2, -0.15) is 16.8 Å². The van der Waals surface area contributed by atoms with Crippen molar-refractivity contribution in [1.82, 2.24) is 0 Å². The minimum atomic E-state index is -1.22. The van der Waals surface area contributed by atoms with Gasteiger partial charge in [-0.3, -0.25) is 5.56 Å². The summed E-state index contributed by atoms with van der Waals surface area (Å²) in [5, 5.41) is 1.70. The molecule has 1 aliphatic rings. The topological polar surface area (TPSA) is 0 Å². The molecule has 0 aromatic heterocycles. The molecule has 0 amide bonds. The summed E-state index contributed by atoms with van der Waals surface area (Å²) in [5.41, 5.74) is 4.10. The van der Waals surface area contributed by atoms with Crippen LogP contribution in [-0.2, 0) is 29.4 Å². The van der Waals surface area contributed by atoms with Gasteiger partial charge in [0, 0.05) is 8.80 Å². The molecule has 193 valence electrons. The Kier molecular flexibility index (Phi) is 26.1. The summed E-state index contributed by atoms with van der Waals surface area (Å²) < 4.78 is 0. The first kappa shape index (κ1) is 40.3. The van der Waals surface area contributed by atoms with Crippen molar-refractivity contribution in [3.63, 3.8) is 0 Å². The van der Waals surface area contributed by atoms with E-state index in [0.717, 1.165) is 5.66 Å². The van der Waals surface area contributed by atoms with Crippen LogP contribution < -0.4 is 5.19 Å². The first-order valence-corrected chi connectivity index (χ1v) is 19.9. The quantitative estimate of drug-likeness (QED) is 0.192. The zero-order valence-corrected chi connectivity index (χ0v) is 25.8. The van der Waals surface area contributed by atoms with E-state index >= 15 is 0 Å². The largest absolute Gasteiger partial charge is 4.00 e. The Bertz CT molecular complexity index is 632. The fourth-order valence-corrected chi connectivity index (χ4v) is 8.94. The van der Waals surface area contributed by atoms with E-state index in [-0.39, 0.29) is 56.1 Å². The van der Waals surface area contributed by atoms with Crippen LogP contribution in [0.5, 0.6) is 0 Å². The monoisotopic (exact) mass is 547 g/mol. The molecule has 0 aliphatic heterocycles. The van der Waals surface area contributed by atoms with Crippen LogP contribution in [0.1, 0.15) is 71.9 Å². The van der Waals surface area contributed by atoms with Crippen LogP contribution in [0.3, 0.4) is 0 Å². The fourth-order valence-electron chi connectivity index (χ4n) is 3.99. The maximum absolute atomic E-state index is 3.46. The molecule has 1 saturated carbocycles. The first-order chi connectivity index (χ1) is 13.8. The minimum absolute atomic E-state index is 0. The minimum Gasteiger partial charge on any atom is -0.376 e. The Balaban J connectivity index is -0.000000382. The molecule has 0 N–H and O–H groups in total. The summed E-state index contributed by atoms with van der Waals surface area (Å²) in [7, 11) is -1.05. The van der Waals surface area contributed by atoms with E-state index in [1.807, 2.05) is 13.8 Å². The Labute approximate surface area is 225 Å². The van der Waals surface area contributed by atoms with Gasteiger partial charge in [-0.15, -0.1) is 7.92 Å². The molecule has 1 atom stereocenters. The van der Waals surface area contributed by atoms with E-state index in [1.54, 1.807) is 10.8 Å². The zero-order chi connectivity index (χ0) is 21.9. The van der Waals surface area contributed by atoms with Gasteiger partial charge in [-0.05, 0) is 18.5 Å². The molecule has 3 rings (SSSR count). The van der Waals surface area contributed by atoms with E-state index in [1.165, 1.54) is 50.0 Å². The molecule has 0 heterocycles. The van der Waals surface area contributed by atoms with Crippen molar-refractivity contribution in [2.75, 3.05) is 0 Å². The predicted octanol–water partition coefficient (Wildman–Crippen LogP) is 10.1. The molecule has 1 unspecified atom stereocenters. The Morgan fingerprint density at radius 2 is 1.64 bits per heavy atom. The molecule has 2 aromatic carbocycles. The molecular formula is C29H56FePSi2. The van der Waals surface area contributed by atoms with E-state index in [4.69, 9.17) is 0 Å². The third kappa shape index (κ3) is 15.6. The zero-order valence-electron chi connectivity index (χ0n) is 21.8. The van der Waals surface area contributed by atoms with Gasteiger partial charge in [0.25, 0.3) is 0 Å². The van der Waals surface area contributed by atoms with Crippen LogP contribution >= 0.6 is 7.92 Å². The average Bonchev–Trinajstić information content (AvgIpc) is 3.35. The van der Waals surface area contributed by atoms with Gasteiger partial charge in [0.05, 0.1) is 8.07 Å². The second-order valence-corrected chi connectivity index (χ2v) is 20.2. The van der Waals surface area contributed by atoms with Gasteiger partial charge >= 0.3 is 17.1 Å². The van der Waals surface area contributed by atoms with Crippen LogP contribution in [0.25, 0.3) is 0 Å². The van der Waals surface area contributed by atoms with Crippen molar-refractivity contribution in [3.05, 3.63) is 61.0 Å².